The van der Waals surface area contributed by atoms with Gasteiger partial charge in [0, 0.05) is 13.1 Å². The molecular formula is C18H20N6O6S4. The molecule has 2 aromatic heterocycles. The van der Waals surface area contributed by atoms with Crippen LogP contribution in [0.25, 0.3) is 20.4 Å². The molecule has 34 heavy (non-hydrogen) atoms. The second kappa shape index (κ2) is 9.31. The lowest BCUT2D eigenvalue weighted by molar-refractivity contribution is 0.332. The van der Waals surface area contributed by atoms with Crippen LogP contribution in [0.1, 0.15) is 13.8 Å². The summed E-state index contributed by atoms with van der Waals surface area (Å²) in [6, 6.07) is 9.10. The van der Waals surface area contributed by atoms with Gasteiger partial charge in [-0.2, -0.15) is 37.2 Å². The van der Waals surface area contributed by atoms with E-state index in [9.17, 15) is 16.8 Å². The summed E-state index contributed by atoms with van der Waals surface area (Å²) in [5.41, 5.74) is 1.57. The molecule has 0 unspecified atom stereocenters. The number of nitrogens with two attached hydrogens (primary N) is 2. The van der Waals surface area contributed by atoms with Crippen LogP contribution in [0.3, 0.4) is 0 Å². The van der Waals surface area contributed by atoms with E-state index in [1.807, 2.05) is 23.0 Å². The number of hydrogen-bond acceptors (Lipinski definition) is 12. The van der Waals surface area contributed by atoms with E-state index in [0.717, 1.165) is 11.0 Å². The zero-order valence-corrected chi connectivity index (χ0v) is 21.2. The molecule has 4 aromatic rings. The first kappa shape index (κ1) is 24.7. The van der Waals surface area contributed by atoms with Gasteiger partial charge < -0.3 is 9.13 Å². The van der Waals surface area contributed by atoms with Gasteiger partial charge in [0.2, 0.25) is 9.60 Å². The van der Waals surface area contributed by atoms with Crippen LogP contribution in [0.5, 0.6) is 0 Å². The van der Waals surface area contributed by atoms with Crippen LogP contribution in [0.15, 0.2) is 56.4 Å². The Morgan fingerprint density at radius 1 is 0.765 bits per heavy atom. The fourth-order valence-electron chi connectivity index (χ4n) is 3.38. The minimum absolute atomic E-state index is 0.0592. The summed E-state index contributed by atoms with van der Waals surface area (Å²) in [6.45, 7) is 5.03. The van der Waals surface area contributed by atoms with Crippen molar-refractivity contribution in [3.8, 4) is 0 Å². The van der Waals surface area contributed by atoms with E-state index in [4.69, 9.17) is 11.8 Å². The molecule has 12 nitrogen and oxygen atoms in total. The number of thiazole rings is 2. The molecule has 2 aromatic carbocycles. The Balaban J connectivity index is 1.90. The number of aryl methyl sites for hydroxylation is 2. The molecule has 0 saturated carbocycles. The molecule has 0 spiro atoms. The summed E-state index contributed by atoms with van der Waals surface area (Å²) in [5.74, 6) is 9.77. The standard InChI is InChI=1S/C18H20N6O6S4/c1-3-23-13-7-5-11(33(25,26)29-19)9-15(13)31-17(23)21-22-18-24(4-2)14-8-6-12(10-16(14)32-18)34(27,28)30-20/h5-10H,3-4,19-20H2,1-2H3. The van der Waals surface area contributed by atoms with Crippen molar-refractivity contribution >= 4 is 63.3 Å². The third-order valence-corrected chi connectivity index (χ3v) is 9.23. The number of nitrogens with zero attached hydrogens (tertiary/aromatic N) is 4. The van der Waals surface area contributed by atoms with Crippen LogP contribution < -0.4 is 21.4 Å². The first-order valence-electron chi connectivity index (χ1n) is 9.76. The molecule has 182 valence electrons. The summed E-state index contributed by atoms with van der Waals surface area (Å²) in [6.07, 6.45) is 0. The van der Waals surface area contributed by atoms with Crippen molar-refractivity contribution in [1.29, 1.82) is 0 Å². The van der Waals surface area contributed by atoms with Gasteiger partial charge in [0.1, 0.15) is 0 Å². The molecular weight excluding hydrogens is 525 g/mol. The van der Waals surface area contributed by atoms with E-state index in [1.54, 1.807) is 12.1 Å². The Kier molecular flexibility index (Phi) is 6.76. The van der Waals surface area contributed by atoms with Crippen molar-refractivity contribution in [1.82, 2.24) is 9.13 Å². The molecule has 2 heterocycles. The zero-order chi connectivity index (χ0) is 24.7. The lowest BCUT2D eigenvalue weighted by Crippen LogP contribution is -2.16. The van der Waals surface area contributed by atoms with Crippen LogP contribution in [0.4, 0.5) is 0 Å². The lowest BCUT2D eigenvalue weighted by Gasteiger charge is -2.02. The monoisotopic (exact) mass is 544 g/mol. The van der Waals surface area contributed by atoms with Crippen LogP contribution in [-0.2, 0) is 41.9 Å². The highest BCUT2D eigenvalue weighted by Gasteiger charge is 2.17. The molecule has 0 aliphatic carbocycles. The highest BCUT2D eigenvalue weighted by atomic mass is 32.2. The van der Waals surface area contributed by atoms with Gasteiger partial charge in [-0.3, -0.25) is 0 Å². The second-order valence-electron chi connectivity index (χ2n) is 6.82. The van der Waals surface area contributed by atoms with E-state index in [0.29, 0.717) is 32.1 Å². The molecule has 16 heteroatoms. The van der Waals surface area contributed by atoms with Crippen molar-refractivity contribution < 1.29 is 25.4 Å². The Bertz CT molecular complexity index is 1610. The summed E-state index contributed by atoms with van der Waals surface area (Å²) in [7, 11) is -8.07. The van der Waals surface area contributed by atoms with Gasteiger partial charge in [0.05, 0.1) is 30.2 Å². The van der Waals surface area contributed by atoms with Gasteiger partial charge in [-0.25, -0.2) is 0 Å². The predicted octanol–water partition coefficient (Wildman–Crippen LogP) is 1.33. The second-order valence-corrected chi connectivity index (χ2v) is 12.0. The van der Waals surface area contributed by atoms with Gasteiger partial charge in [0.25, 0.3) is 0 Å². The minimum atomic E-state index is -4.04. The summed E-state index contributed by atoms with van der Waals surface area (Å²) in [5, 5.41) is 8.83. The number of aromatic nitrogens is 2. The number of fused-ring (bicyclic) bond motifs is 2. The van der Waals surface area contributed by atoms with Crippen LogP contribution in [-0.4, -0.2) is 26.0 Å². The van der Waals surface area contributed by atoms with Crippen molar-refractivity contribution in [3.63, 3.8) is 0 Å². The molecule has 0 amide bonds. The third-order valence-electron chi connectivity index (χ3n) is 4.99. The van der Waals surface area contributed by atoms with Gasteiger partial charge in [-0.1, -0.05) is 22.7 Å². The van der Waals surface area contributed by atoms with Crippen molar-refractivity contribution in [2.45, 2.75) is 36.7 Å². The third kappa shape index (κ3) is 4.34. The topological polar surface area (TPSA) is 173 Å². The SMILES string of the molecule is CCn1c(=NN=c2sc3cc(S(=O)(=O)ON)ccc3n2CC)sc2cc(S(=O)(=O)ON)ccc21. The quantitative estimate of drug-likeness (QED) is 0.328. The minimum Gasteiger partial charge on any atom is -0.315 e. The van der Waals surface area contributed by atoms with Gasteiger partial charge in [-0.15, -0.1) is 10.2 Å². The number of hydrogen-bond donors (Lipinski definition) is 2. The normalized spacial score (nSPS) is 14.0. The fourth-order valence-corrected chi connectivity index (χ4v) is 6.91. The molecule has 0 aliphatic rings. The van der Waals surface area contributed by atoms with E-state index in [1.165, 1.54) is 46.9 Å². The van der Waals surface area contributed by atoms with Crippen LogP contribution >= 0.6 is 22.7 Å². The maximum atomic E-state index is 11.9. The fraction of sp³-hybridized carbons (Fsp3) is 0.222. The first-order valence-corrected chi connectivity index (χ1v) is 14.2. The predicted molar refractivity (Wildman–Crippen MR) is 127 cm³/mol. The average molecular weight is 545 g/mol. The summed E-state index contributed by atoms with van der Waals surface area (Å²) in [4.78, 5) is 0.994. The van der Waals surface area contributed by atoms with Crippen LogP contribution in [0.2, 0.25) is 0 Å². The van der Waals surface area contributed by atoms with E-state index in [-0.39, 0.29) is 9.79 Å². The Morgan fingerprint density at radius 3 is 1.47 bits per heavy atom. The maximum absolute atomic E-state index is 11.9. The highest BCUT2D eigenvalue weighted by molar-refractivity contribution is 7.87. The van der Waals surface area contributed by atoms with Crippen molar-refractivity contribution in [2.75, 3.05) is 0 Å². The average Bonchev–Trinajstić information content (AvgIpc) is 3.38. The number of rotatable bonds is 7. The van der Waals surface area contributed by atoms with E-state index in [2.05, 4.69) is 18.8 Å². The largest absolute Gasteiger partial charge is 0.315 e. The summed E-state index contributed by atoms with van der Waals surface area (Å²) >= 11 is 2.53. The lowest BCUT2D eigenvalue weighted by atomic mass is 10.3. The van der Waals surface area contributed by atoms with Gasteiger partial charge >= 0.3 is 20.2 Å². The molecule has 0 aliphatic heterocycles. The van der Waals surface area contributed by atoms with Crippen molar-refractivity contribution in [3.05, 3.63) is 46.0 Å². The Hall–Kier alpha value is -2.44. The first-order chi connectivity index (χ1) is 16.1. The van der Waals surface area contributed by atoms with E-state index >= 15 is 0 Å². The molecule has 0 radical (unpaired) electrons. The Labute approximate surface area is 202 Å². The van der Waals surface area contributed by atoms with E-state index < -0.39 is 20.2 Å². The maximum Gasteiger partial charge on any atom is 0.312 e. The van der Waals surface area contributed by atoms with Crippen LogP contribution in [0, 0.1) is 0 Å². The smallest absolute Gasteiger partial charge is 0.312 e. The molecule has 0 atom stereocenters. The molecule has 0 saturated heterocycles. The molecule has 4 rings (SSSR count). The number of benzene rings is 2. The zero-order valence-electron chi connectivity index (χ0n) is 17.9. The molecule has 0 fully saturated rings. The van der Waals surface area contributed by atoms with Gasteiger partial charge in [0.15, 0.2) is 0 Å². The molecule has 4 N–H and O–H groups in total. The summed E-state index contributed by atoms with van der Waals surface area (Å²) < 4.78 is 61.1. The highest BCUT2D eigenvalue weighted by Crippen LogP contribution is 2.24. The van der Waals surface area contributed by atoms with Crippen molar-refractivity contribution in [2.24, 2.45) is 22.0 Å². The molecule has 0 bridgehead atoms. The van der Waals surface area contributed by atoms with Gasteiger partial charge in [-0.05, 0) is 50.2 Å². The Morgan fingerprint density at radius 2 is 1.15 bits per heavy atom.